The van der Waals surface area contributed by atoms with Gasteiger partial charge in [0.1, 0.15) is 6.07 Å². The standard InChI is InChI=1S/C8H8N2S/c1-10-11-8-5-3-2-4-7(8)6-9/h2-5,10H,1H3. The second-order valence-electron chi connectivity index (χ2n) is 1.91. The number of nitrogens with one attached hydrogen (secondary N) is 1. The Morgan fingerprint density at radius 2 is 2.18 bits per heavy atom. The molecule has 0 aliphatic rings. The van der Waals surface area contributed by atoms with Gasteiger partial charge in [-0.1, -0.05) is 12.1 Å². The van der Waals surface area contributed by atoms with Crippen molar-refractivity contribution in [1.29, 1.82) is 5.26 Å². The normalized spacial score (nSPS) is 9.09. The van der Waals surface area contributed by atoms with Crippen LogP contribution in [0.15, 0.2) is 29.2 Å². The van der Waals surface area contributed by atoms with Crippen LogP contribution in [0.25, 0.3) is 0 Å². The van der Waals surface area contributed by atoms with E-state index in [9.17, 15) is 0 Å². The molecule has 0 saturated heterocycles. The Hall–Kier alpha value is -0.980. The third kappa shape index (κ3) is 1.97. The zero-order chi connectivity index (χ0) is 8.10. The smallest absolute Gasteiger partial charge is 0.100 e. The lowest BCUT2D eigenvalue weighted by Crippen LogP contribution is -1.92. The molecule has 1 aromatic carbocycles. The first-order chi connectivity index (χ1) is 5.38. The summed E-state index contributed by atoms with van der Waals surface area (Å²) in [4.78, 5) is 0.970. The Balaban J connectivity index is 2.95. The van der Waals surface area contributed by atoms with E-state index in [-0.39, 0.29) is 0 Å². The van der Waals surface area contributed by atoms with Crippen LogP contribution in [0.4, 0.5) is 0 Å². The van der Waals surface area contributed by atoms with Gasteiger partial charge in [-0.25, -0.2) is 0 Å². The Labute approximate surface area is 70.4 Å². The highest BCUT2D eigenvalue weighted by Crippen LogP contribution is 2.17. The van der Waals surface area contributed by atoms with E-state index in [4.69, 9.17) is 5.26 Å². The van der Waals surface area contributed by atoms with Gasteiger partial charge in [0.05, 0.1) is 5.56 Å². The summed E-state index contributed by atoms with van der Waals surface area (Å²) in [7, 11) is 1.83. The zero-order valence-electron chi connectivity index (χ0n) is 6.16. The molecule has 0 fully saturated rings. The highest BCUT2D eigenvalue weighted by Gasteiger charge is 1.97. The minimum absolute atomic E-state index is 0.715. The second-order valence-corrected chi connectivity index (χ2v) is 2.97. The lowest BCUT2D eigenvalue weighted by Gasteiger charge is -1.99. The number of hydrogen-bond donors (Lipinski definition) is 1. The molecule has 0 aliphatic heterocycles. The van der Waals surface area contributed by atoms with Crippen LogP contribution in [0.1, 0.15) is 5.56 Å². The molecule has 1 aromatic rings. The molecule has 0 heterocycles. The molecule has 3 heteroatoms. The fraction of sp³-hybridized carbons (Fsp3) is 0.125. The van der Waals surface area contributed by atoms with Gasteiger partial charge in [0, 0.05) is 4.90 Å². The molecule has 0 radical (unpaired) electrons. The van der Waals surface area contributed by atoms with Gasteiger partial charge >= 0.3 is 0 Å². The summed E-state index contributed by atoms with van der Waals surface area (Å²) < 4.78 is 2.92. The van der Waals surface area contributed by atoms with Gasteiger partial charge in [0.2, 0.25) is 0 Å². The number of hydrogen-bond acceptors (Lipinski definition) is 3. The van der Waals surface area contributed by atoms with Crippen LogP contribution < -0.4 is 4.72 Å². The molecule has 0 atom stereocenters. The van der Waals surface area contributed by atoms with Crippen molar-refractivity contribution >= 4 is 11.9 Å². The monoisotopic (exact) mass is 164 g/mol. The molecule has 0 aromatic heterocycles. The summed E-state index contributed by atoms with van der Waals surface area (Å²) in [5.41, 5.74) is 0.715. The summed E-state index contributed by atoms with van der Waals surface area (Å²) in [6.07, 6.45) is 0. The van der Waals surface area contributed by atoms with E-state index < -0.39 is 0 Å². The molecular weight excluding hydrogens is 156 g/mol. The zero-order valence-corrected chi connectivity index (χ0v) is 6.98. The van der Waals surface area contributed by atoms with Crippen molar-refractivity contribution in [3.63, 3.8) is 0 Å². The third-order valence-electron chi connectivity index (χ3n) is 1.22. The fourth-order valence-corrected chi connectivity index (χ4v) is 1.35. The molecule has 1 N–H and O–H groups in total. The first-order valence-corrected chi connectivity index (χ1v) is 4.03. The Kier molecular flexibility index (Phi) is 2.96. The lowest BCUT2D eigenvalue weighted by molar-refractivity contribution is 1.26. The van der Waals surface area contributed by atoms with Crippen LogP contribution in [0, 0.1) is 11.3 Å². The fourth-order valence-electron chi connectivity index (χ4n) is 0.758. The predicted molar refractivity (Wildman–Crippen MR) is 46.1 cm³/mol. The van der Waals surface area contributed by atoms with Crippen molar-refractivity contribution in [3.05, 3.63) is 29.8 Å². The molecule has 0 spiro atoms. The summed E-state index contributed by atoms with van der Waals surface area (Å²) in [6.45, 7) is 0. The van der Waals surface area contributed by atoms with E-state index in [0.717, 1.165) is 4.90 Å². The molecule has 1 rings (SSSR count). The van der Waals surface area contributed by atoms with Gasteiger partial charge in [-0.05, 0) is 31.1 Å². The Morgan fingerprint density at radius 1 is 1.45 bits per heavy atom. The number of nitrogens with zero attached hydrogens (tertiary/aromatic N) is 1. The first-order valence-electron chi connectivity index (χ1n) is 3.21. The minimum Gasteiger partial charge on any atom is -0.263 e. The summed E-state index contributed by atoms with van der Waals surface area (Å²) in [5, 5.41) is 8.65. The van der Waals surface area contributed by atoms with Crippen molar-refractivity contribution in [2.75, 3.05) is 7.05 Å². The SMILES string of the molecule is CNSc1ccccc1C#N. The molecule has 0 bridgehead atoms. The summed E-state index contributed by atoms with van der Waals surface area (Å²) in [6, 6.07) is 9.62. The topological polar surface area (TPSA) is 35.8 Å². The van der Waals surface area contributed by atoms with Crippen LogP contribution in [0.2, 0.25) is 0 Å². The quantitative estimate of drug-likeness (QED) is 0.677. The average Bonchev–Trinajstić information content (AvgIpc) is 2.06. The van der Waals surface area contributed by atoms with Crippen molar-refractivity contribution in [3.8, 4) is 6.07 Å². The van der Waals surface area contributed by atoms with Crippen LogP contribution in [0.3, 0.4) is 0 Å². The maximum Gasteiger partial charge on any atom is 0.100 e. The van der Waals surface area contributed by atoms with Crippen LogP contribution in [0.5, 0.6) is 0 Å². The van der Waals surface area contributed by atoms with Gasteiger partial charge in [-0.2, -0.15) is 5.26 Å². The maximum atomic E-state index is 8.65. The van der Waals surface area contributed by atoms with E-state index >= 15 is 0 Å². The molecule has 0 amide bonds. The first kappa shape index (κ1) is 8.12. The van der Waals surface area contributed by atoms with E-state index in [1.54, 1.807) is 6.07 Å². The lowest BCUT2D eigenvalue weighted by atomic mass is 10.2. The highest BCUT2D eigenvalue weighted by atomic mass is 32.2. The summed E-state index contributed by atoms with van der Waals surface area (Å²) >= 11 is 1.45. The van der Waals surface area contributed by atoms with Crippen molar-refractivity contribution in [2.24, 2.45) is 0 Å². The van der Waals surface area contributed by atoms with Crippen LogP contribution in [-0.4, -0.2) is 7.05 Å². The molecule has 2 nitrogen and oxygen atoms in total. The molecule has 0 saturated carbocycles. The number of nitriles is 1. The number of rotatable bonds is 2. The molecule has 0 unspecified atom stereocenters. The van der Waals surface area contributed by atoms with Gasteiger partial charge in [0.25, 0.3) is 0 Å². The van der Waals surface area contributed by atoms with Gasteiger partial charge in [0.15, 0.2) is 0 Å². The maximum absolute atomic E-state index is 8.65. The second kappa shape index (κ2) is 4.02. The minimum atomic E-state index is 0.715. The average molecular weight is 164 g/mol. The molecule has 56 valence electrons. The van der Waals surface area contributed by atoms with Crippen molar-refractivity contribution < 1.29 is 0 Å². The molecule has 0 aliphatic carbocycles. The van der Waals surface area contributed by atoms with E-state index in [1.807, 2.05) is 25.2 Å². The largest absolute Gasteiger partial charge is 0.263 e. The molecule has 11 heavy (non-hydrogen) atoms. The van der Waals surface area contributed by atoms with Crippen LogP contribution in [-0.2, 0) is 0 Å². The summed E-state index contributed by atoms with van der Waals surface area (Å²) in [5.74, 6) is 0. The predicted octanol–water partition coefficient (Wildman–Crippen LogP) is 1.78. The van der Waals surface area contributed by atoms with E-state index in [1.165, 1.54) is 11.9 Å². The molecular formula is C8H8N2S. The third-order valence-corrected chi connectivity index (χ3v) is 2.00. The van der Waals surface area contributed by atoms with Crippen LogP contribution >= 0.6 is 11.9 Å². The Morgan fingerprint density at radius 3 is 2.82 bits per heavy atom. The van der Waals surface area contributed by atoms with Gasteiger partial charge in [-0.15, -0.1) is 0 Å². The van der Waals surface area contributed by atoms with Gasteiger partial charge < -0.3 is 0 Å². The van der Waals surface area contributed by atoms with E-state index in [0.29, 0.717) is 5.56 Å². The Bertz CT molecular complexity index is 278. The van der Waals surface area contributed by atoms with Crippen molar-refractivity contribution in [2.45, 2.75) is 4.90 Å². The van der Waals surface area contributed by atoms with Gasteiger partial charge in [-0.3, -0.25) is 4.72 Å². The van der Waals surface area contributed by atoms with Crippen molar-refractivity contribution in [1.82, 2.24) is 4.72 Å². The van der Waals surface area contributed by atoms with E-state index in [2.05, 4.69) is 10.8 Å². The number of benzene rings is 1. The highest BCUT2D eigenvalue weighted by molar-refractivity contribution is 7.97.